The number of aromatic hydroxyl groups is 1. The Balaban J connectivity index is 1.29. The van der Waals surface area contributed by atoms with Gasteiger partial charge in [-0.3, -0.25) is 4.90 Å². The second-order valence-corrected chi connectivity index (χ2v) is 8.48. The lowest BCUT2D eigenvalue weighted by Gasteiger charge is -2.42. The molecule has 1 unspecified atom stereocenters. The molecule has 0 bridgehead atoms. The number of phenols is 1. The summed E-state index contributed by atoms with van der Waals surface area (Å²) >= 11 is 0. The minimum Gasteiger partial charge on any atom is -0.507 e. The first-order chi connectivity index (χ1) is 13.7. The molecule has 28 heavy (non-hydrogen) atoms. The highest BCUT2D eigenvalue weighted by atomic mass is 16.5. The number of hydrogen-bond donors (Lipinski definition) is 2. The minimum atomic E-state index is 0.299. The molecule has 2 saturated heterocycles. The third kappa shape index (κ3) is 3.59. The summed E-state index contributed by atoms with van der Waals surface area (Å²) in [5.41, 5.74) is 3.76. The summed E-state index contributed by atoms with van der Waals surface area (Å²) in [6, 6.07) is 9.00. The van der Waals surface area contributed by atoms with E-state index in [1.165, 1.54) is 24.8 Å². The summed E-state index contributed by atoms with van der Waals surface area (Å²) in [6.07, 6.45) is 4.80. The van der Waals surface area contributed by atoms with E-state index in [2.05, 4.69) is 26.5 Å². The van der Waals surface area contributed by atoms with Crippen LogP contribution >= 0.6 is 0 Å². The predicted molar refractivity (Wildman–Crippen MR) is 109 cm³/mol. The van der Waals surface area contributed by atoms with Gasteiger partial charge in [0.25, 0.3) is 0 Å². The van der Waals surface area contributed by atoms with Gasteiger partial charge in [0.15, 0.2) is 0 Å². The molecule has 2 aliphatic heterocycles. The summed E-state index contributed by atoms with van der Waals surface area (Å²) in [4.78, 5) is 2.53. The summed E-state index contributed by atoms with van der Waals surface area (Å²) in [7, 11) is 0. The normalized spacial score (nSPS) is 23.4. The van der Waals surface area contributed by atoms with Crippen molar-refractivity contribution in [2.45, 2.75) is 50.6 Å². The molecule has 2 N–H and O–H groups in total. The molecule has 1 aromatic heterocycles. The average molecular weight is 380 g/mol. The van der Waals surface area contributed by atoms with Gasteiger partial charge < -0.3 is 15.2 Å². The van der Waals surface area contributed by atoms with Gasteiger partial charge >= 0.3 is 0 Å². The number of piperidine rings is 1. The van der Waals surface area contributed by atoms with E-state index in [0.29, 0.717) is 23.8 Å². The van der Waals surface area contributed by atoms with Crippen LogP contribution in [0.15, 0.2) is 24.3 Å². The van der Waals surface area contributed by atoms with Crippen LogP contribution < -0.4 is 5.32 Å². The Bertz CT molecular complexity index is 864. The van der Waals surface area contributed by atoms with Crippen LogP contribution in [-0.4, -0.2) is 58.6 Å². The van der Waals surface area contributed by atoms with E-state index in [0.717, 1.165) is 55.4 Å². The molecule has 148 valence electrons. The third-order valence-electron chi connectivity index (χ3n) is 6.25. The SMILES string of the molecule is Cc1cc(NC2CCCN(C3COC3)C2)nnc1-c1ccc(C2CC2)cc1O. The van der Waals surface area contributed by atoms with Crippen molar-refractivity contribution in [1.29, 1.82) is 0 Å². The number of hydrogen-bond acceptors (Lipinski definition) is 6. The van der Waals surface area contributed by atoms with Crippen molar-refractivity contribution in [3.8, 4) is 17.0 Å². The quantitative estimate of drug-likeness (QED) is 0.829. The number of likely N-dealkylation sites (tertiary alicyclic amines) is 1. The molecule has 0 radical (unpaired) electrons. The van der Waals surface area contributed by atoms with Crippen LogP contribution in [0.5, 0.6) is 5.75 Å². The number of aryl methyl sites for hydroxylation is 1. The Morgan fingerprint density at radius 1 is 1.14 bits per heavy atom. The van der Waals surface area contributed by atoms with Crippen LogP contribution in [-0.2, 0) is 4.74 Å². The number of phenolic OH excluding ortho intramolecular Hbond substituents is 1. The van der Waals surface area contributed by atoms with Gasteiger partial charge in [0.2, 0.25) is 0 Å². The Morgan fingerprint density at radius 3 is 2.68 bits per heavy atom. The minimum absolute atomic E-state index is 0.299. The highest BCUT2D eigenvalue weighted by Gasteiger charge is 2.30. The van der Waals surface area contributed by atoms with Crippen molar-refractivity contribution in [2.24, 2.45) is 0 Å². The second kappa shape index (κ2) is 7.33. The highest BCUT2D eigenvalue weighted by Crippen LogP contribution is 2.43. The topological polar surface area (TPSA) is 70.5 Å². The first-order valence-electron chi connectivity index (χ1n) is 10.4. The monoisotopic (exact) mass is 380 g/mol. The predicted octanol–water partition coefficient (Wildman–Crippen LogP) is 3.31. The Morgan fingerprint density at radius 2 is 2.00 bits per heavy atom. The van der Waals surface area contributed by atoms with Crippen molar-refractivity contribution < 1.29 is 9.84 Å². The average Bonchev–Trinajstić information content (AvgIpc) is 3.46. The van der Waals surface area contributed by atoms with E-state index in [1.807, 2.05) is 25.1 Å². The highest BCUT2D eigenvalue weighted by molar-refractivity contribution is 5.70. The first-order valence-corrected chi connectivity index (χ1v) is 10.4. The molecular weight excluding hydrogens is 352 g/mol. The second-order valence-electron chi connectivity index (χ2n) is 8.48. The number of ether oxygens (including phenoxy) is 1. The maximum Gasteiger partial charge on any atom is 0.149 e. The zero-order valence-electron chi connectivity index (χ0n) is 16.4. The number of nitrogens with zero attached hydrogens (tertiary/aromatic N) is 3. The molecule has 1 atom stereocenters. The fourth-order valence-electron chi connectivity index (χ4n) is 4.34. The number of rotatable bonds is 5. The smallest absolute Gasteiger partial charge is 0.149 e. The standard InChI is InChI=1S/C22H28N4O2/c1-14-9-21(23-17-3-2-8-26(11-17)18-12-28-13-18)24-25-22(14)19-7-6-16(10-20(19)27)15-4-5-15/h6-7,9-10,15,17-18,27H,2-5,8,11-13H2,1H3,(H,23,24). The molecule has 1 saturated carbocycles. The number of anilines is 1. The van der Waals surface area contributed by atoms with Crippen molar-refractivity contribution in [1.82, 2.24) is 15.1 Å². The molecule has 6 nitrogen and oxygen atoms in total. The lowest BCUT2D eigenvalue weighted by Crippen LogP contribution is -2.54. The zero-order chi connectivity index (χ0) is 19.1. The van der Waals surface area contributed by atoms with E-state index in [-0.39, 0.29) is 0 Å². The zero-order valence-corrected chi connectivity index (χ0v) is 16.4. The molecule has 0 spiro atoms. The van der Waals surface area contributed by atoms with Gasteiger partial charge in [-0.2, -0.15) is 0 Å². The van der Waals surface area contributed by atoms with Gasteiger partial charge in [-0.25, -0.2) is 0 Å². The molecule has 3 aliphatic rings. The maximum absolute atomic E-state index is 10.5. The lowest BCUT2D eigenvalue weighted by molar-refractivity contribution is -0.0710. The van der Waals surface area contributed by atoms with Crippen LogP contribution in [0.25, 0.3) is 11.3 Å². The number of nitrogens with one attached hydrogen (secondary N) is 1. The Hall–Kier alpha value is -2.18. The Labute approximate surface area is 165 Å². The molecule has 1 aliphatic carbocycles. The maximum atomic E-state index is 10.5. The van der Waals surface area contributed by atoms with Crippen LogP contribution in [0.3, 0.4) is 0 Å². The molecule has 2 aromatic rings. The van der Waals surface area contributed by atoms with Crippen molar-refractivity contribution in [3.05, 3.63) is 35.4 Å². The number of benzene rings is 1. The van der Waals surface area contributed by atoms with E-state index < -0.39 is 0 Å². The van der Waals surface area contributed by atoms with Crippen molar-refractivity contribution in [3.63, 3.8) is 0 Å². The molecular formula is C22H28N4O2. The van der Waals surface area contributed by atoms with Crippen LogP contribution in [0.1, 0.15) is 42.7 Å². The van der Waals surface area contributed by atoms with E-state index in [4.69, 9.17) is 4.74 Å². The van der Waals surface area contributed by atoms with E-state index in [9.17, 15) is 5.11 Å². The van der Waals surface area contributed by atoms with Gasteiger partial charge in [-0.15, -0.1) is 10.2 Å². The number of aromatic nitrogens is 2. The largest absolute Gasteiger partial charge is 0.507 e. The molecule has 6 heteroatoms. The Kier molecular flexibility index (Phi) is 4.69. The molecule has 5 rings (SSSR count). The van der Waals surface area contributed by atoms with Crippen molar-refractivity contribution >= 4 is 5.82 Å². The summed E-state index contributed by atoms with van der Waals surface area (Å²) in [6.45, 7) is 5.95. The third-order valence-corrected chi connectivity index (χ3v) is 6.25. The molecule has 3 fully saturated rings. The molecule has 0 amide bonds. The first kappa shape index (κ1) is 17.9. The van der Waals surface area contributed by atoms with Crippen LogP contribution in [0.2, 0.25) is 0 Å². The van der Waals surface area contributed by atoms with Gasteiger partial charge in [0.1, 0.15) is 11.6 Å². The fourth-order valence-corrected chi connectivity index (χ4v) is 4.34. The van der Waals surface area contributed by atoms with E-state index in [1.54, 1.807) is 0 Å². The van der Waals surface area contributed by atoms with Gasteiger partial charge in [0.05, 0.1) is 24.9 Å². The van der Waals surface area contributed by atoms with Gasteiger partial charge in [0, 0.05) is 18.2 Å². The van der Waals surface area contributed by atoms with Crippen LogP contribution in [0.4, 0.5) is 5.82 Å². The van der Waals surface area contributed by atoms with Crippen LogP contribution in [0, 0.1) is 6.92 Å². The fraction of sp³-hybridized carbons (Fsp3) is 0.545. The lowest BCUT2D eigenvalue weighted by atomic mass is 10.0. The van der Waals surface area contributed by atoms with Gasteiger partial charge in [-0.1, -0.05) is 6.07 Å². The summed E-state index contributed by atoms with van der Waals surface area (Å²) < 4.78 is 5.34. The molecule has 3 heterocycles. The summed E-state index contributed by atoms with van der Waals surface area (Å²) in [5.74, 6) is 1.74. The molecule has 1 aromatic carbocycles. The van der Waals surface area contributed by atoms with E-state index >= 15 is 0 Å². The van der Waals surface area contributed by atoms with Crippen molar-refractivity contribution in [2.75, 3.05) is 31.6 Å². The van der Waals surface area contributed by atoms with Gasteiger partial charge in [-0.05, 0) is 74.4 Å². The summed E-state index contributed by atoms with van der Waals surface area (Å²) in [5, 5.41) is 22.9.